The Bertz CT molecular complexity index is 954. The minimum absolute atomic E-state index is 0.420. The molecular formula is C23H24. The van der Waals surface area contributed by atoms with Gasteiger partial charge in [-0.05, 0) is 62.6 Å². The van der Waals surface area contributed by atoms with Crippen LogP contribution in [0.15, 0.2) is 54.6 Å². The number of rotatable bonds is 3. The van der Waals surface area contributed by atoms with Gasteiger partial charge in [-0.2, -0.15) is 0 Å². The van der Waals surface area contributed by atoms with Crippen LogP contribution in [-0.4, -0.2) is 0 Å². The molecule has 0 radical (unpaired) electrons. The summed E-state index contributed by atoms with van der Waals surface area (Å²) in [6, 6.07) is 20.4. The van der Waals surface area contributed by atoms with Crippen molar-refractivity contribution < 1.29 is 0 Å². The van der Waals surface area contributed by atoms with Crippen molar-refractivity contribution in [2.45, 2.75) is 40.0 Å². The van der Waals surface area contributed by atoms with Gasteiger partial charge >= 0.3 is 0 Å². The molecule has 0 aliphatic heterocycles. The van der Waals surface area contributed by atoms with Gasteiger partial charge in [0, 0.05) is 0 Å². The zero-order chi connectivity index (χ0) is 16.0. The van der Waals surface area contributed by atoms with E-state index in [4.69, 9.17) is 0 Å². The Morgan fingerprint density at radius 2 is 1.30 bits per heavy atom. The van der Waals surface area contributed by atoms with Gasteiger partial charge in [0.25, 0.3) is 0 Å². The highest BCUT2D eigenvalue weighted by atomic mass is 14.2. The van der Waals surface area contributed by atoms with Crippen molar-refractivity contribution in [1.82, 2.24) is 0 Å². The minimum Gasteiger partial charge on any atom is -0.0610 e. The highest BCUT2D eigenvalue weighted by molar-refractivity contribution is 6.23. The van der Waals surface area contributed by atoms with Gasteiger partial charge in [-0.1, -0.05) is 75.4 Å². The Balaban J connectivity index is 1.86. The molecular weight excluding hydrogens is 276 g/mol. The molecule has 23 heavy (non-hydrogen) atoms. The number of hydrogen-bond donors (Lipinski definition) is 0. The zero-order valence-corrected chi connectivity index (χ0v) is 14.3. The second kappa shape index (κ2) is 5.23. The summed E-state index contributed by atoms with van der Waals surface area (Å²) in [5.74, 6) is 0. The normalized spacial score (nSPS) is 12.7. The van der Waals surface area contributed by atoms with Crippen molar-refractivity contribution in [3.05, 3.63) is 60.2 Å². The molecule has 4 aromatic rings. The molecule has 0 aliphatic rings. The molecule has 0 spiro atoms. The first-order chi connectivity index (χ1) is 11.0. The molecule has 0 fully saturated rings. The van der Waals surface area contributed by atoms with Crippen LogP contribution in [0.2, 0.25) is 0 Å². The van der Waals surface area contributed by atoms with Gasteiger partial charge in [0.2, 0.25) is 0 Å². The van der Waals surface area contributed by atoms with Crippen LogP contribution in [0.5, 0.6) is 0 Å². The van der Waals surface area contributed by atoms with Crippen LogP contribution in [0.4, 0.5) is 0 Å². The lowest BCUT2D eigenvalue weighted by Gasteiger charge is -2.18. The maximum Gasteiger partial charge on any atom is -0.00240 e. The van der Waals surface area contributed by atoms with Gasteiger partial charge in [-0.15, -0.1) is 0 Å². The number of hydrogen-bond acceptors (Lipinski definition) is 0. The minimum atomic E-state index is 0.420. The maximum absolute atomic E-state index is 2.34. The predicted molar refractivity (Wildman–Crippen MR) is 103 cm³/mol. The fraction of sp³-hybridized carbons (Fsp3) is 0.304. The van der Waals surface area contributed by atoms with E-state index < -0.39 is 0 Å². The van der Waals surface area contributed by atoms with Crippen LogP contribution < -0.4 is 0 Å². The van der Waals surface area contributed by atoms with Crippen LogP contribution in [0.3, 0.4) is 0 Å². The van der Waals surface area contributed by atoms with Crippen molar-refractivity contribution in [2.75, 3.05) is 0 Å². The maximum atomic E-state index is 2.34. The highest BCUT2D eigenvalue weighted by Crippen LogP contribution is 2.36. The summed E-state index contributed by atoms with van der Waals surface area (Å²) in [7, 11) is 0. The van der Waals surface area contributed by atoms with E-state index in [0.717, 1.165) is 0 Å². The van der Waals surface area contributed by atoms with Crippen molar-refractivity contribution in [2.24, 2.45) is 5.41 Å². The van der Waals surface area contributed by atoms with E-state index in [0.29, 0.717) is 5.41 Å². The van der Waals surface area contributed by atoms with E-state index in [9.17, 15) is 0 Å². The van der Waals surface area contributed by atoms with E-state index in [1.165, 1.54) is 57.1 Å². The first-order valence-electron chi connectivity index (χ1n) is 8.68. The summed E-state index contributed by atoms with van der Waals surface area (Å²) in [6.07, 6.45) is 3.70. The summed E-state index contributed by atoms with van der Waals surface area (Å²) < 4.78 is 0. The highest BCUT2D eigenvalue weighted by Gasteiger charge is 2.12. The zero-order valence-electron chi connectivity index (χ0n) is 14.3. The topological polar surface area (TPSA) is 0 Å². The smallest absolute Gasteiger partial charge is 0.00240 e. The lowest BCUT2D eigenvalue weighted by atomic mass is 9.87. The van der Waals surface area contributed by atoms with Crippen LogP contribution in [-0.2, 0) is 6.42 Å². The van der Waals surface area contributed by atoms with Crippen LogP contribution in [0.1, 0.15) is 39.2 Å². The molecule has 0 amide bonds. The standard InChI is InChI=1S/C23H24/c1-23(2,3)15-5-8-16-9-10-19-12-11-17-6-4-7-18-13-14-20(16)22(19)21(17)18/h4,6-7,9-14H,5,8,15H2,1-3H3. The Labute approximate surface area is 138 Å². The average molecular weight is 300 g/mol. The second-order valence-electron chi connectivity index (χ2n) is 7.99. The summed E-state index contributed by atoms with van der Waals surface area (Å²) in [6.45, 7) is 6.99. The van der Waals surface area contributed by atoms with E-state index in [-0.39, 0.29) is 0 Å². The molecule has 0 aliphatic carbocycles. The molecule has 0 heteroatoms. The third-order valence-electron chi connectivity index (χ3n) is 4.99. The third kappa shape index (κ3) is 2.57. The Morgan fingerprint density at radius 1 is 0.696 bits per heavy atom. The molecule has 4 rings (SSSR count). The van der Waals surface area contributed by atoms with Gasteiger partial charge < -0.3 is 0 Å². The first kappa shape index (κ1) is 14.5. The molecule has 0 bridgehead atoms. The average Bonchev–Trinajstić information content (AvgIpc) is 2.52. The largest absolute Gasteiger partial charge is 0.0610 e. The molecule has 0 nitrogen and oxygen atoms in total. The fourth-order valence-electron chi connectivity index (χ4n) is 3.82. The molecule has 0 aromatic heterocycles. The fourth-order valence-corrected chi connectivity index (χ4v) is 3.82. The molecule has 0 heterocycles. The summed E-state index contributed by atoms with van der Waals surface area (Å²) in [5.41, 5.74) is 1.92. The van der Waals surface area contributed by atoms with E-state index in [1.807, 2.05) is 0 Å². The molecule has 0 atom stereocenters. The van der Waals surface area contributed by atoms with Crippen molar-refractivity contribution in [3.8, 4) is 0 Å². The molecule has 0 N–H and O–H groups in total. The summed E-state index contributed by atoms with van der Waals surface area (Å²) >= 11 is 0. The molecule has 116 valence electrons. The number of aryl methyl sites for hydroxylation is 1. The third-order valence-corrected chi connectivity index (χ3v) is 4.99. The Hall–Kier alpha value is -2.08. The van der Waals surface area contributed by atoms with E-state index in [1.54, 1.807) is 0 Å². The number of benzene rings is 4. The molecule has 0 saturated carbocycles. The van der Waals surface area contributed by atoms with Crippen LogP contribution in [0, 0.1) is 5.41 Å². The van der Waals surface area contributed by atoms with Crippen molar-refractivity contribution in [1.29, 1.82) is 0 Å². The van der Waals surface area contributed by atoms with Gasteiger partial charge in [-0.3, -0.25) is 0 Å². The Kier molecular flexibility index (Phi) is 3.30. The van der Waals surface area contributed by atoms with Crippen LogP contribution in [0.25, 0.3) is 32.3 Å². The van der Waals surface area contributed by atoms with Crippen LogP contribution >= 0.6 is 0 Å². The van der Waals surface area contributed by atoms with E-state index in [2.05, 4.69) is 75.4 Å². The van der Waals surface area contributed by atoms with Crippen molar-refractivity contribution in [3.63, 3.8) is 0 Å². The first-order valence-corrected chi connectivity index (χ1v) is 8.68. The Morgan fingerprint density at radius 3 is 2.00 bits per heavy atom. The molecule has 0 saturated heterocycles. The predicted octanol–water partition coefficient (Wildman–Crippen LogP) is 6.95. The molecule has 4 aromatic carbocycles. The lowest BCUT2D eigenvalue weighted by Crippen LogP contribution is -2.05. The van der Waals surface area contributed by atoms with Gasteiger partial charge in [0.05, 0.1) is 0 Å². The quantitative estimate of drug-likeness (QED) is 0.359. The summed E-state index contributed by atoms with van der Waals surface area (Å²) in [5, 5.41) is 8.40. The van der Waals surface area contributed by atoms with Gasteiger partial charge in [-0.25, -0.2) is 0 Å². The lowest BCUT2D eigenvalue weighted by molar-refractivity contribution is 0.366. The monoisotopic (exact) mass is 300 g/mol. The van der Waals surface area contributed by atoms with Gasteiger partial charge in [0.15, 0.2) is 0 Å². The summed E-state index contributed by atoms with van der Waals surface area (Å²) in [4.78, 5) is 0. The molecule has 0 unspecified atom stereocenters. The van der Waals surface area contributed by atoms with Crippen molar-refractivity contribution >= 4 is 32.3 Å². The SMILES string of the molecule is CC(C)(C)CCCc1ccc2ccc3cccc4ccc1c2c34. The van der Waals surface area contributed by atoms with Gasteiger partial charge in [0.1, 0.15) is 0 Å². The van der Waals surface area contributed by atoms with E-state index >= 15 is 0 Å². The second-order valence-corrected chi connectivity index (χ2v) is 7.99.